The van der Waals surface area contributed by atoms with E-state index >= 15 is 0 Å². The van der Waals surface area contributed by atoms with Gasteiger partial charge in [0.1, 0.15) is 5.75 Å². The van der Waals surface area contributed by atoms with Crippen LogP contribution in [0.5, 0.6) is 5.75 Å². The highest BCUT2D eigenvalue weighted by atomic mass is 19.2. The van der Waals surface area contributed by atoms with E-state index in [0.29, 0.717) is 5.69 Å². The molecule has 2 aromatic carbocycles. The summed E-state index contributed by atoms with van der Waals surface area (Å²) in [4.78, 5) is 20.9. The lowest BCUT2D eigenvalue weighted by Crippen LogP contribution is -2.19. The summed E-state index contributed by atoms with van der Waals surface area (Å²) in [5.41, 5.74) is 0.344. The van der Waals surface area contributed by atoms with Crippen LogP contribution in [0.4, 0.5) is 35.4 Å². The van der Waals surface area contributed by atoms with Crippen LogP contribution in [-0.4, -0.2) is 38.6 Å². The van der Waals surface area contributed by atoms with E-state index in [-0.39, 0.29) is 23.7 Å². The first-order chi connectivity index (χ1) is 16.7. The molecule has 35 heavy (non-hydrogen) atoms. The first-order valence-electron chi connectivity index (χ1n) is 10.5. The molecule has 1 heterocycles. The lowest BCUT2D eigenvalue weighted by atomic mass is 9.98. The van der Waals surface area contributed by atoms with Gasteiger partial charge in [-0.25, -0.2) is 18.0 Å². The molecule has 0 bridgehead atoms. The van der Waals surface area contributed by atoms with E-state index in [1.54, 1.807) is 24.3 Å². The van der Waals surface area contributed by atoms with Crippen LogP contribution in [0.2, 0.25) is 0 Å². The van der Waals surface area contributed by atoms with Gasteiger partial charge in [0.15, 0.2) is 17.5 Å². The molecular formula is C22H21F3N4O6. The number of amides is 1. The van der Waals surface area contributed by atoms with Crippen molar-refractivity contribution in [3.05, 3.63) is 59.7 Å². The van der Waals surface area contributed by atoms with Crippen molar-refractivity contribution in [3.63, 3.8) is 0 Å². The molecule has 4 N–H and O–H groups in total. The van der Waals surface area contributed by atoms with Crippen molar-refractivity contribution in [3.8, 4) is 5.75 Å². The maximum absolute atomic E-state index is 13.3. The fourth-order valence-electron chi connectivity index (χ4n) is 3.29. The third kappa shape index (κ3) is 7.62. The molecule has 0 atom stereocenters. The second-order valence-electron chi connectivity index (χ2n) is 7.43. The Hall–Kier alpha value is -4.29. The molecule has 0 aliphatic heterocycles. The minimum Gasteiger partial charge on any atom is -0.490 e. The highest BCUT2D eigenvalue weighted by Crippen LogP contribution is 2.25. The molecule has 13 heteroatoms. The van der Waals surface area contributed by atoms with Gasteiger partial charge >= 0.3 is 24.0 Å². The van der Waals surface area contributed by atoms with Gasteiger partial charge in [0, 0.05) is 23.5 Å². The van der Waals surface area contributed by atoms with Crippen LogP contribution < -0.4 is 15.4 Å². The fraction of sp³-hybridized carbons (Fsp3) is 0.273. The summed E-state index contributed by atoms with van der Waals surface area (Å²) < 4.78 is 50.7. The Morgan fingerprint density at radius 1 is 0.943 bits per heavy atom. The van der Waals surface area contributed by atoms with Crippen molar-refractivity contribution >= 4 is 29.5 Å². The number of carbonyl (C=O) groups excluding carboxylic acids is 1. The molecule has 1 amide bonds. The second-order valence-corrected chi connectivity index (χ2v) is 7.43. The topological polar surface area (TPSA) is 147 Å². The normalized spacial score (nSPS) is 13.3. The number of rotatable bonds is 6. The molecule has 1 fully saturated rings. The molecule has 0 spiro atoms. The zero-order valence-corrected chi connectivity index (χ0v) is 18.1. The lowest BCUT2D eigenvalue weighted by Gasteiger charge is -2.23. The van der Waals surface area contributed by atoms with Gasteiger partial charge in [-0.3, -0.25) is 4.79 Å². The first kappa shape index (κ1) is 25.3. The summed E-state index contributed by atoms with van der Waals surface area (Å²) in [7, 11) is 0. The summed E-state index contributed by atoms with van der Waals surface area (Å²) >= 11 is 0. The highest BCUT2D eigenvalue weighted by molar-refractivity contribution is 6.00. The number of carboxylic acid groups (broad SMARTS) is 2. The van der Waals surface area contributed by atoms with Gasteiger partial charge in [-0.05, 0) is 49.9 Å². The summed E-state index contributed by atoms with van der Waals surface area (Å²) in [5.74, 6) is -4.66. The second kappa shape index (κ2) is 11.7. The van der Waals surface area contributed by atoms with E-state index < -0.39 is 29.5 Å². The smallest absolute Gasteiger partial charge is 0.490 e. The average molecular weight is 494 g/mol. The van der Waals surface area contributed by atoms with E-state index in [9.17, 15) is 18.0 Å². The summed E-state index contributed by atoms with van der Waals surface area (Å²) in [6.07, 6.45) is 4.07. The predicted octanol–water partition coefficient (Wildman–Crippen LogP) is 5.42. The molecule has 1 aromatic heterocycles. The number of hydrogen-bond donors (Lipinski definition) is 4. The molecular weight excluding hydrogens is 473 g/mol. The molecule has 1 saturated carbocycles. The third-order valence-corrected chi connectivity index (χ3v) is 4.82. The van der Waals surface area contributed by atoms with Crippen molar-refractivity contribution in [2.24, 2.45) is 0 Å². The van der Waals surface area contributed by atoms with Crippen molar-refractivity contribution in [1.29, 1.82) is 0 Å². The zero-order valence-electron chi connectivity index (χ0n) is 18.1. The molecule has 3 aromatic rings. The largest absolute Gasteiger partial charge is 0.503 e. The monoisotopic (exact) mass is 494 g/mol. The van der Waals surface area contributed by atoms with E-state index in [4.69, 9.17) is 24.2 Å². The number of hydrogen-bond acceptors (Lipinski definition) is 7. The number of nitrogens with one attached hydrogen (secondary N) is 2. The SMILES string of the molecule is O=C(Nc1ccc(OC2CCCCC2)cc1)c1nnc(Nc2cc(F)c(F)c(F)c2)o1.O=C(O)O. The minimum atomic E-state index is -1.83. The van der Waals surface area contributed by atoms with Gasteiger partial charge in [0.2, 0.25) is 0 Å². The van der Waals surface area contributed by atoms with Crippen LogP contribution in [0.25, 0.3) is 0 Å². The Balaban J connectivity index is 0.000000795. The van der Waals surface area contributed by atoms with E-state index in [0.717, 1.165) is 30.7 Å². The van der Waals surface area contributed by atoms with Crippen LogP contribution in [0.1, 0.15) is 42.8 Å². The fourth-order valence-corrected chi connectivity index (χ4v) is 3.29. The maximum atomic E-state index is 13.3. The molecule has 0 unspecified atom stereocenters. The number of nitrogens with zero attached hydrogens (tertiary/aromatic N) is 2. The van der Waals surface area contributed by atoms with Crippen molar-refractivity contribution < 1.29 is 42.1 Å². The Kier molecular flexibility index (Phi) is 8.48. The summed E-state index contributed by atoms with van der Waals surface area (Å²) in [6, 6.07) is 8.07. The number of halogens is 3. The molecule has 4 rings (SSSR count). The highest BCUT2D eigenvalue weighted by Gasteiger charge is 2.18. The van der Waals surface area contributed by atoms with Crippen molar-refractivity contribution in [2.75, 3.05) is 10.6 Å². The molecule has 0 radical (unpaired) electrons. The van der Waals surface area contributed by atoms with Crippen LogP contribution in [-0.2, 0) is 0 Å². The standard InChI is InChI=1S/C21H19F3N4O3.CH2O3/c22-16-10-13(11-17(23)18(16)24)26-21-28-27-20(31-21)19(29)25-12-6-8-15(9-7-12)30-14-4-2-1-3-5-14;2-1(3)4/h6-11,14H,1-5H2,(H,25,29)(H,26,28);(H2,2,3,4). The Labute approximate surface area is 196 Å². The molecule has 1 aliphatic carbocycles. The predicted molar refractivity (Wildman–Crippen MR) is 116 cm³/mol. The quantitative estimate of drug-likeness (QED) is 0.330. The Morgan fingerprint density at radius 2 is 1.54 bits per heavy atom. The van der Waals surface area contributed by atoms with E-state index in [2.05, 4.69) is 20.8 Å². The van der Waals surface area contributed by atoms with Crippen LogP contribution in [0, 0.1) is 17.5 Å². The van der Waals surface area contributed by atoms with Gasteiger partial charge in [-0.15, -0.1) is 5.10 Å². The Morgan fingerprint density at radius 3 is 2.14 bits per heavy atom. The van der Waals surface area contributed by atoms with Gasteiger partial charge in [0.25, 0.3) is 0 Å². The van der Waals surface area contributed by atoms with E-state index in [1.165, 1.54) is 19.3 Å². The number of anilines is 3. The number of carbonyl (C=O) groups is 2. The van der Waals surface area contributed by atoms with Gasteiger partial charge in [-0.1, -0.05) is 11.5 Å². The van der Waals surface area contributed by atoms with Gasteiger partial charge < -0.3 is 30.0 Å². The minimum absolute atomic E-state index is 0.152. The van der Waals surface area contributed by atoms with E-state index in [1.807, 2.05) is 0 Å². The molecule has 186 valence electrons. The number of ether oxygens (including phenoxy) is 1. The van der Waals surface area contributed by atoms with Crippen molar-refractivity contribution in [1.82, 2.24) is 10.2 Å². The molecule has 10 nitrogen and oxygen atoms in total. The number of benzene rings is 2. The first-order valence-corrected chi connectivity index (χ1v) is 10.5. The van der Waals surface area contributed by atoms with Crippen LogP contribution in [0.3, 0.4) is 0 Å². The van der Waals surface area contributed by atoms with Crippen LogP contribution in [0.15, 0.2) is 40.8 Å². The molecule has 1 aliphatic rings. The average Bonchev–Trinajstić information content (AvgIpc) is 3.28. The summed E-state index contributed by atoms with van der Waals surface area (Å²) in [6.45, 7) is 0. The number of aromatic nitrogens is 2. The van der Waals surface area contributed by atoms with Crippen molar-refractivity contribution in [2.45, 2.75) is 38.2 Å². The van der Waals surface area contributed by atoms with Gasteiger partial charge in [0.05, 0.1) is 6.10 Å². The summed E-state index contributed by atoms with van der Waals surface area (Å²) in [5, 5.41) is 26.1. The zero-order chi connectivity index (χ0) is 25.4. The lowest BCUT2D eigenvalue weighted by molar-refractivity contribution is 0.0990. The molecule has 0 saturated heterocycles. The van der Waals surface area contributed by atoms with Gasteiger partial charge in [-0.2, -0.15) is 0 Å². The third-order valence-electron chi connectivity index (χ3n) is 4.82. The van der Waals surface area contributed by atoms with Crippen LogP contribution >= 0.6 is 0 Å². The maximum Gasteiger partial charge on any atom is 0.503 e. The Bertz CT molecular complexity index is 1140.